The van der Waals surface area contributed by atoms with Crippen molar-refractivity contribution in [3.63, 3.8) is 0 Å². The van der Waals surface area contributed by atoms with Crippen LogP contribution in [0.2, 0.25) is 0 Å². The fourth-order valence-electron chi connectivity index (χ4n) is 2.34. The Bertz CT molecular complexity index is 800. The van der Waals surface area contributed by atoms with E-state index in [0.717, 1.165) is 11.1 Å². The first-order chi connectivity index (χ1) is 11.8. The molecule has 0 aliphatic rings. The molecule has 2 N–H and O–H groups in total. The van der Waals surface area contributed by atoms with E-state index in [2.05, 4.69) is 10.0 Å². The molecule has 0 aromatic heterocycles. The Morgan fingerprint density at radius 1 is 1.00 bits per heavy atom. The van der Waals surface area contributed by atoms with Gasteiger partial charge < -0.3 is 5.32 Å². The van der Waals surface area contributed by atoms with E-state index in [9.17, 15) is 13.2 Å². The van der Waals surface area contributed by atoms with E-state index in [4.69, 9.17) is 0 Å². The average Bonchev–Trinajstić information content (AvgIpc) is 2.58. The van der Waals surface area contributed by atoms with Gasteiger partial charge in [0.25, 0.3) is 0 Å². The van der Waals surface area contributed by atoms with Crippen LogP contribution in [0.15, 0.2) is 59.5 Å². The van der Waals surface area contributed by atoms with Crippen LogP contribution in [0.5, 0.6) is 0 Å². The molecule has 1 amide bonds. The van der Waals surface area contributed by atoms with Gasteiger partial charge in [-0.15, -0.1) is 0 Å². The number of sulfonamides is 1. The van der Waals surface area contributed by atoms with Crippen molar-refractivity contribution in [1.82, 2.24) is 10.0 Å². The van der Waals surface area contributed by atoms with Crippen LogP contribution >= 0.6 is 0 Å². The number of rotatable bonds is 7. The van der Waals surface area contributed by atoms with Crippen LogP contribution in [0.3, 0.4) is 0 Å². The van der Waals surface area contributed by atoms with Gasteiger partial charge >= 0.3 is 0 Å². The maximum absolute atomic E-state index is 12.5. The molecular weight excluding hydrogens is 336 g/mol. The molecule has 0 spiro atoms. The third-order valence-corrected chi connectivity index (χ3v) is 5.33. The number of carbonyl (C=O) groups is 1. The summed E-state index contributed by atoms with van der Waals surface area (Å²) >= 11 is 0. The SMILES string of the molecule is Cc1ccc(S(=O)(=O)N[C@@H](C(=O)NCc2ccccc2)C(C)C)cc1. The van der Waals surface area contributed by atoms with Gasteiger partial charge in [-0.05, 0) is 30.5 Å². The average molecular weight is 360 g/mol. The lowest BCUT2D eigenvalue weighted by molar-refractivity contribution is -0.123. The minimum Gasteiger partial charge on any atom is -0.351 e. The smallest absolute Gasteiger partial charge is 0.241 e. The van der Waals surface area contributed by atoms with Crippen LogP contribution in [0, 0.1) is 12.8 Å². The van der Waals surface area contributed by atoms with Crippen LogP contribution in [-0.2, 0) is 21.4 Å². The minimum atomic E-state index is -3.76. The second-order valence-electron chi connectivity index (χ2n) is 6.36. The molecule has 0 fully saturated rings. The van der Waals surface area contributed by atoms with Gasteiger partial charge in [-0.3, -0.25) is 4.79 Å². The Labute approximate surface area is 149 Å². The molecule has 0 bridgehead atoms. The molecule has 1 atom stereocenters. The Morgan fingerprint density at radius 2 is 1.60 bits per heavy atom. The topological polar surface area (TPSA) is 75.3 Å². The summed E-state index contributed by atoms with van der Waals surface area (Å²) in [5, 5.41) is 2.80. The van der Waals surface area contributed by atoms with Gasteiger partial charge in [0, 0.05) is 6.54 Å². The molecule has 25 heavy (non-hydrogen) atoms. The van der Waals surface area contributed by atoms with Crippen molar-refractivity contribution in [1.29, 1.82) is 0 Å². The highest BCUT2D eigenvalue weighted by atomic mass is 32.2. The van der Waals surface area contributed by atoms with Crippen LogP contribution < -0.4 is 10.0 Å². The highest BCUT2D eigenvalue weighted by Crippen LogP contribution is 2.13. The number of amides is 1. The zero-order valence-corrected chi connectivity index (χ0v) is 15.5. The van der Waals surface area contributed by atoms with Crippen molar-refractivity contribution >= 4 is 15.9 Å². The molecule has 0 saturated carbocycles. The molecule has 0 saturated heterocycles. The number of hydrogen-bond acceptors (Lipinski definition) is 3. The molecule has 5 nitrogen and oxygen atoms in total. The van der Waals surface area contributed by atoms with Gasteiger partial charge in [0.15, 0.2) is 0 Å². The van der Waals surface area contributed by atoms with Gasteiger partial charge in [-0.2, -0.15) is 4.72 Å². The molecule has 0 heterocycles. The van der Waals surface area contributed by atoms with Crippen LogP contribution in [-0.4, -0.2) is 20.4 Å². The lowest BCUT2D eigenvalue weighted by Gasteiger charge is -2.21. The summed E-state index contributed by atoms with van der Waals surface area (Å²) in [4.78, 5) is 12.6. The number of nitrogens with one attached hydrogen (secondary N) is 2. The van der Waals surface area contributed by atoms with Crippen molar-refractivity contribution in [3.05, 3.63) is 65.7 Å². The molecular formula is C19H24N2O3S. The van der Waals surface area contributed by atoms with Crippen molar-refractivity contribution in [2.24, 2.45) is 5.92 Å². The first kappa shape index (κ1) is 19.1. The van der Waals surface area contributed by atoms with E-state index in [1.807, 2.05) is 51.1 Å². The summed E-state index contributed by atoms with van der Waals surface area (Å²) < 4.78 is 27.6. The lowest BCUT2D eigenvalue weighted by Crippen LogP contribution is -2.49. The van der Waals surface area contributed by atoms with E-state index in [0.29, 0.717) is 6.54 Å². The summed E-state index contributed by atoms with van der Waals surface area (Å²) in [6.07, 6.45) is 0. The van der Waals surface area contributed by atoms with Gasteiger partial charge in [0.2, 0.25) is 15.9 Å². The summed E-state index contributed by atoms with van der Waals surface area (Å²) in [6, 6.07) is 15.2. The third-order valence-electron chi connectivity index (χ3n) is 3.87. The summed E-state index contributed by atoms with van der Waals surface area (Å²) in [5.74, 6) is -0.523. The van der Waals surface area contributed by atoms with Crippen LogP contribution in [0.25, 0.3) is 0 Å². The first-order valence-electron chi connectivity index (χ1n) is 8.20. The Kier molecular flexibility index (Phi) is 6.33. The highest BCUT2D eigenvalue weighted by molar-refractivity contribution is 7.89. The van der Waals surface area contributed by atoms with Gasteiger partial charge in [-0.1, -0.05) is 61.9 Å². The monoisotopic (exact) mass is 360 g/mol. The van der Waals surface area contributed by atoms with E-state index in [1.165, 1.54) is 12.1 Å². The van der Waals surface area contributed by atoms with Crippen molar-refractivity contribution < 1.29 is 13.2 Å². The largest absolute Gasteiger partial charge is 0.351 e. The molecule has 2 rings (SSSR count). The van der Waals surface area contributed by atoms with Gasteiger partial charge in [-0.25, -0.2) is 8.42 Å². The predicted octanol–water partition coefficient (Wildman–Crippen LogP) is 2.61. The van der Waals surface area contributed by atoms with Crippen molar-refractivity contribution in [3.8, 4) is 0 Å². The minimum absolute atomic E-state index is 0.152. The quantitative estimate of drug-likeness (QED) is 0.797. The molecule has 6 heteroatoms. The second-order valence-corrected chi connectivity index (χ2v) is 8.07. The third kappa shape index (κ3) is 5.41. The van der Waals surface area contributed by atoms with Crippen molar-refractivity contribution in [2.45, 2.75) is 38.3 Å². The Morgan fingerprint density at radius 3 is 2.16 bits per heavy atom. The first-order valence-corrected chi connectivity index (χ1v) is 9.68. The lowest BCUT2D eigenvalue weighted by atomic mass is 10.0. The van der Waals surface area contributed by atoms with Crippen molar-refractivity contribution in [2.75, 3.05) is 0 Å². The fourth-order valence-corrected chi connectivity index (χ4v) is 3.68. The van der Waals surface area contributed by atoms with Gasteiger partial charge in [0.05, 0.1) is 4.90 Å². The zero-order chi connectivity index (χ0) is 18.4. The molecule has 2 aromatic carbocycles. The number of benzene rings is 2. The number of carbonyl (C=O) groups excluding carboxylic acids is 1. The predicted molar refractivity (Wildman–Crippen MR) is 98.4 cm³/mol. The van der Waals surface area contributed by atoms with Crippen LogP contribution in [0.1, 0.15) is 25.0 Å². The number of hydrogen-bond donors (Lipinski definition) is 2. The van der Waals surface area contributed by atoms with E-state index >= 15 is 0 Å². The molecule has 0 radical (unpaired) electrons. The standard InChI is InChI=1S/C19H24N2O3S/c1-14(2)18(19(22)20-13-16-7-5-4-6-8-16)21-25(23,24)17-11-9-15(3)10-12-17/h4-12,14,18,21H,13H2,1-3H3,(H,20,22)/t18-/m1/s1. The van der Waals surface area contributed by atoms with E-state index < -0.39 is 16.1 Å². The fraction of sp³-hybridized carbons (Fsp3) is 0.316. The Hall–Kier alpha value is -2.18. The molecule has 0 unspecified atom stereocenters. The maximum atomic E-state index is 12.5. The molecule has 2 aromatic rings. The summed E-state index contributed by atoms with van der Waals surface area (Å²) in [5.41, 5.74) is 1.93. The van der Waals surface area contributed by atoms with Gasteiger partial charge in [0.1, 0.15) is 6.04 Å². The normalized spacial score (nSPS) is 12.8. The summed E-state index contributed by atoms with van der Waals surface area (Å²) in [6.45, 7) is 5.86. The molecule has 0 aliphatic heterocycles. The Balaban J connectivity index is 2.09. The number of aryl methyl sites for hydroxylation is 1. The molecule has 134 valence electrons. The summed E-state index contributed by atoms with van der Waals surface area (Å²) in [7, 11) is -3.76. The molecule has 0 aliphatic carbocycles. The van der Waals surface area contributed by atoms with E-state index in [1.54, 1.807) is 12.1 Å². The second kappa shape index (κ2) is 8.27. The maximum Gasteiger partial charge on any atom is 0.241 e. The van der Waals surface area contributed by atoms with E-state index in [-0.39, 0.29) is 16.7 Å². The highest BCUT2D eigenvalue weighted by Gasteiger charge is 2.28. The zero-order valence-electron chi connectivity index (χ0n) is 14.7. The van der Waals surface area contributed by atoms with Crippen LogP contribution in [0.4, 0.5) is 0 Å².